The van der Waals surface area contributed by atoms with E-state index >= 15 is 0 Å². The minimum absolute atomic E-state index is 0.963. The summed E-state index contributed by atoms with van der Waals surface area (Å²) >= 11 is 0. The van der Waals surface area contributed by atoms with Crippen molar-refractivity contribution in [2.75, 3.05) is 0 Å². The number of aromatic nitrogens is 1. The lowest BCUT2D eigenvalue weighted by Gasteiger charge is -2.31. The van der Waals surface area contributed by atoms with Crippen molar-refractivity contribution in [2.24, 2.45) is 0 Å². The van der Waals surface area contributed by atoms with Crippen molar-refractivity contribution in [3.8, 4) is 27.9 Å². The van der Waals surface area contributed by atoms with Crippen molar-refractivity contribution in [3.63, 3.8) is 0 Å². The number of hydrogen-bond acceptors (Lipinski definition) is 0. The summed E-state index contributed by atoms with van der Waals surface area (Å²) in [6.07, 6.45) is 0.963. The summed E-state index contributed by atoms with van der Waals surface area (Å²) < 4.78 is 2.50. The Morgan fingerprint density at radius 1 is 0.444 bits per heavy atom. The fourth-order valence-corrected chi connectivity index (χ4v) is 13.7. The standard InChI is InChI=1S/C43H29NSi/c1-3-13-31(14-4-1)44-39-20-10-7-17-34(39)37-26-24-30-27-29-23-25-33(28-38(29)42(30)43(37)44)45(32-15-5-2-6-16-32)40-21-11-8-18-35(40)36-19-9-12-22-41(36)45/h1-26,28H,27H2. The predicted molar refractivity (Wildman–Crippen MR) is 192 cm³/mol. The number of hydrogen-bond donors (Lipinski definition) is 0. The van der Waals surface area contributed by atoms with Gasteiger partial charge in [0.15, 0.2) is 8.07 Å². The predicted octanol–water partition coefficient (Wildman–Crippen LogP) is 7.71. The van der Waals surface area contributed by atoms with Crippen LogP contribution in [0.1, 0.15) is 11.1 Å². The van der Waals surface area contributed by atoms with Gasteiger partial charge in [0.25, 0.3) is 0 Å². The lowest BCUT2D eigenvalue weighted by molar-refractivity contribution is 1.18. The molecule has 0 saturated heterocycles. The maximum absolute atomic E-state index is 2.59. The highest BCUT2D eigenvalue weighted by Gasteiger charge is 2.48. The van der Waals surface area contributed by atoms with Crippen LogP contribution in [0, 0.1) is 0 Å². The van der Waals surface area contributed by atoms with Gasteiger partial charge in [-0.05, 0) is 73.2 Å². The van der Waals surface area contributed by atoms with Crippen LogP contribution >= 0.6 is 0 Å². The molecule has 0 fully saturated rings. The summed E-state index contributed by atoms with van der Waals surface area (Å²) in [6, 6.07) is 61.6. The van der Waals surface area contributed by atoms with Crippen molar-refractivity contribution < 1.29 is 0 Å². The Kier molecular flexibility index (Phi) is 5.14. The highest BCUT2D eigenvalue weighted by molar-refractivity contribution is 7.22. The molecule has 0 atom stereocenters. The quantitative estimate of drug-likeness (QED) is 0.187. The SMILES string of the molecule is c1ccc(-n2c3ccccc3c3ccc4c(c32)-c2cc([Si]3(c5ccccc5)c5ccccc5-c5ccccc53)ccc2C4)cc1. The molecule has 0 amide bonds. The van der Waals surface area contributed by atoms with Crippen molar-refractivity contribution >= 4 is 50.6 Å². The first kappa shape index (κ1) is 24.9. The normalized spacial score (nSPS) is 13.9. The Bertz CT molecular complexity index is 2410. The first-order valence-corrected chi connectivity index (χ1v) is 17.8. The summed E-state index contributed by atoms with van der Waals surface area (Å²) in [5, 5.41) is 8.50. The molecule has 0 N–H and O–H groups in total. The minimum Gasteiger partial charge on any atom is -0.309 e. The summed E-state index contributed by atoms with van der Waals surface area (Å²) in [4.78, 5) is 0. The molecular weight excluding hydrogens is 559 g/mol. The zero-order valence-electron chi connectivity index (χ0n) is 24.7. The number of nitrogens with zero attached hydrogens (tertiary/aromatic N) is 1. The molecule has 0 bridgehead atoms. The van der Waals surface area contributed by atoms with Crippen LogP contribution in [-0.2, 0) is 6.42 Å². The topological polar surface area (TPSA) is 4.93 Å². The fourth-order valence-electron chi connectivity index (χ4n) is 8.51. The highest BCUT2D eigenvalue weighted by Crippen LogP contribution is 2.45. The highest BCUT2D eigenvalue weighted by atomic mass is 28.3. The molecule has 210 valence electrons. The van der Waals surface area contributed by atoms with Gasteiger partial charge in [0.2, 0.25) is 0 Å². The zero-order valence-corrected chi connectivity index (χ0v) is 25.7. The van der Waals surface area contributed by atoms with Crippen molar-refractivity contribution in [3.05, 3.63) is 175 Å². The third-order valence-corrected chi connectivity index (χ3v) is 15.2. The first-order valence-electron chi connectivity index (χ1n) is 15.8. The lowest BCUT2D eigenvalue weighted by atomic mass is 10.0. The number of benzene rings is 7. The van der Waals surface area contributed by atoms with E-state index in [0.717, 1.165) is 6.42 Å². The van der Waals surface area contributed by atoms with Crippen LogP contribution in [0.2, 0.25) is 0 Å². The smallest absolute Gasteiger partial charge is 0.180 e. The van der Waals surface area contributed by atoms with Gasteiger partial charge in [0, 0.05) is 22.0 Å². The molecule has 1 aliphatic carbocycles. The molecule has 8 aromatic rings. The number of rotatable bonds is 3. The van der Waals surface area contributed by atoms with E-state index in [2.05, 4.69) is 168 Å². The van der Waals surface area contributed by atoms with Gasteiger partial charge in [-0.15, -0.1) is 0 Å². The molecule has 0 unspecified atom stereocenters. The number of para-hydroxylation sites is 2. The minimum atomic E-state index is -2.57. The third kappa shape index (κ3) is 3.27. The monoisotopic (exact) mass is 587 g/mol. The maximum Gasteiger partial charge on any atom is 0.180 e. The van der Waals surface area contributed by atoms with Gasteiger partial charge < -0.3 is 4.57 Å². The lowest BCUT2D eigenvalue weighted by Crippen LogP contribution is -2.72. The van der Waals surface area contributed by atoms with E-state index in [1.54, 1.807) is 0 Å². The van der Waals surface area contributed by atoms with E-state index in [0.29, 0.717) is 0 Å². The van der Waals surface area contributed by atoms with Gasteiger partial charge in [-0.2, -0.15) is 0 Å². The van der Waals surface area contributed by atoms with Crippen LogP contribution in [0.4, 0.5) is 0 Å². The number of fused-ring (bicyclic) bond motifs is 10. The van der Waals surface area contributed by atoms with E-state index in [1.165, 1.54) is 81.6 Å². The van der Waals surface area contributed by atoms with Crippen molar-refractivity contribution in [2.45, 2.75) is 6.42 Å². The van der Waals surface area contributed by atoms with Crippen LogP contribution < -0.4 is 20.7 Å². The molecule has 0 spiro atoms. The molecule has 45 heavy (non-hydrogen) atoms. The Morgan fingerprint density at radius 2 is 1.07 bits per heavy atom. The fraction of sp³-hybridized carbons (Fsp3) is 0.0233. The van der Waals surface area contributed by atoms with E-state index < -0.39 is 8.07 Å². The first-order chi connectivity index (χ1) is 22.3. The third-order valence-electron chi connectivity index (χ3n) is 10.3. The van der Waals surface area contributed by atoms with Gasteiger partial charge >= 0.3 is 0 Å². The molecule has 0 saturated carbocycles. The molecule has 2 heteroatoms. The van der Waals surface area contributed by atoms with Gasteiger partial charge in [-0.3, -0.25) is 0 Å². The molecule has 0 radical (unpaired) electrons. The molecule has 1 aliphatic heterocycles. The van der Waals surface area contributed by atoms with Gasteiger partial charge in [-0.25, -0.2) is 0 Å². The van der Waals surface area contributed by atoms with Crippen molar-refractivity contribution in [1.29, 1.82) is 0 Å². The molecular formula is C43H29NSi. The van der Waals surface area contributed by atoms with Crippen LogP contribution in [0.3, 0.4) is 0 Å². The Balaban J connectivity index is 1.32. The summed E-state index contributed by atoms with van der Waals surface area (Å²) in [5.74, 6) is 0. The average molecular weight is 588 g/mol. The van der Waals surface area contributed by atoms with E-state index in [4.69, 9.17) is 0 Å². The zero-order chi connectivity index (χ0) is 29.5. The summed E-state index contributed by atoms with van der Waals surface area (Å²) in [5.41, 5.74) is 12.2. The van der Waals surface area contributed by atoms with Gasteiger partial charge in [0.05, 0.1) is 11.0 Å². The second-order valence-corrected chi connectivity index (χ2v) is 16.2. The van der Waals surface area contributed by atoms with Gasteiger partial charge in [-0.1, -0.05) is 146 Å². The van der Waals surface area contributed by atoms with Crippen LogP contribution in [-0.4, -0.2) is 12.6 Å². The largest absolute Gasteiger partial charge is 0.309 e. The molecule has 1 aromatic heterocycles. The Hall–Kier alpha value is -5.44. The van der Waals surface area contributed by atoms with E-state index in [1.807, 2.05) is 0 Å². The molecule has 7 aromatic carbocycles. The molecule has 10 rings (SSSR count). The second-order valence-electron chi connectivity index (χ2n) is 12.4. The van der Waals surface area contributed by atoms with E-state index in [-0.39, 0.29) is 0 Å². The van der Waals surface area contributed by atoms with E-state index in [9.17, 15) is 0 Å². The van der Waals surface area contributed by atoms with Crippen LogP contribution in [0.15, 0.2) is 164 Å². The second kappa shape index (κ2) is 9.28. The summed E-state index contributed by atoms with van der Waals surface area (Å²) in [6.45, 7) is 0. The molecule has 1 nitrogen and oxygen atoms in total. The summed E-state index contributed by atoms with van der Waals surface area (Å²) in [7, 11) is -2.57. The maximum atomic E-state index is 2.59. The van der Waals surface area contributed by atoms with Gasteiger partial charge in [0.1, 0.15) is 0 Å². The van der Waals surface area contributed by atoms with Crippen LogP contribution in [0.5, 0.6) is 0 Å². The van der Waals surface area contributed by atoms with Crippen molar-refractivity contribution in [1.82, 2.24) is 4.57 Å². The average Bonchev–Trinajstić information content (AvgIpc) is 3.75. The van der Waals surface area contributed by atoms with Crippen LogP contribution in [0.25, 0.3) is 49.7 Å². The Labute approximate surface area is 263 Å². The molecule has 2 heterocycles. The molecule has 2 aliphatic rings. The Morgan fingerprint density at radius 3 is 1.82 bits per heavy atom.